The Morgan fingerprint density at radius 3 is 2.42 bits per heavy atom. The number of aromatic nitrogens is 3. The monoisotopic (exact) mass is 334 g/mol. The van der Waals surface area contributed by atoms with Gasteiger partial charge >= 0.3 is 0 Å². The van der Waals surface area contributed by atoms with Gasteiger partial charge in [0.15, 0.2) is 0 Å². The van der Waals surface area contributed by atoms with E-state index in [0.717, 1.165) is 38.4 Å². The molecule has 2 rings (SSSR count). The van der Waals surface area contributed by atoms with Gasteiger partial charge in [-0.05, 0) is 38.0 Å². The average molecular weight is 335 g/mol. The predicted molar refractivity (Wildman–Crippen MR) is 97.7 cm³/mol. The van der Waals surface area contributed by atoms with Crippen LogP contribution in [-0.2, 0) is 0 Å². The third kappa shape index (κ3) is 5.42. The molecule has 1 fully saturated rings. The lowest BCUT2D eigenvalue weighted by Gasteiger charge is -2.33. The molecule has 1 aromatic rings. The summed E-state index contributed by atoms with van der Waals surface area (Å²) in [6.45, 7) is 14.2. The van der Waals surface area contributed by atoms with Crippen molar-refractivity contribution in [2.45, 2.75) is 66.0 Å². The number of piperidine rings is 1. The molecular weight excluding hydrogens is 300 g/mol. The van der Waals surface area contributed by atoms with Gasteiger partial charge in [-0.1, -0.05) is 44.6 Å². The van der Waals surface area contributed by atoms with Gasteiger partial charge < -0.3 is 5.11 Å². The highest BCUT2D eigenvalue weighted by atomic mass is 16.3. The lowest BCUT2D eigenvalue weighted by atomic mass is 9.97. The molecule has 0 amide bonds. The summed E-state index contributed by atoms with van der Waals surface area (Å²) < 4.78 is 1.94. The van der Waals surface area contributed by atoms with Crippen molar-refractivity contribution >= 4 is 0 Å². The molecule has 5 nitrogen and oxygen atoms in total. The van der Waals surface area contributed by atoms with E-state index in [4.69, 9.17) is 0 Å². The molecular formula is C19H34N4O. The van der Waals surface area contributed by atoms with E-state index in [1.54, 1.807) is 12.5 Å². The van der Waals surface area contributed by atoms with Gasteiger partial charge in [0.2, 0.25) is 0 Å². The molecule has 1 saturated heterocycles. The first kappa shape index (κ1) is 19.1. The summed E-state index contributed by atoms with van der Waals surface area (Å²) in [6, 6.07) is 0.406. The van der Waals surface area contributed by atoms with Crippen LogP contribution in [0.15, 0.2) is 17.8 Å². The van der Waals surface area contributed by atoms with Crippen LogP contribution in [0.25, 0.3) is 0 Å². The third-order valence-corrected chi connectivity index (χ3v) is 4.89. The van der Waals surface area contributed by atoms with Gasteiger partial charge in [0, 0.05) is 19.6 Å². The van der Waals surface area contributed by atoms with Crippen LogP contribution in [0.5, 0.6) is 0 Å². The first-order valence-electron chi connectivity index (χ1n) is 9.37. The zero-order valence-corrected chi connectivity index (χ0v) is 15.9. The molecule has 136 valence electrons. The van der Waals surface area contributed by atoms with E-state index in [1.807, 2.05) is 10.9 Å². The van der Waals surface area contributed by atoms with E-state index >= 15 is 0 Å². The number of likely N-dealkylation sites (tertiary alicyclic amines) is 1. The van der Waals surface area contributed by atoms with E-state index in [0.29, 0.717) is 17.7 Å². The number of allylic oxidation sites excluding steroid dienone is 1. The van der Waals surface area contributed by atoms with Crippen molar-refractivity contribution in [3.05, 3.63) is 23.5 Å². The second-order valence-electron chi connectivity index (χ2n) is 7.87. The van der Waals surface area contributed by atoms with E-state index in [9.17, 15) is 5.11 Å². The van der Waals surface area contributed by atoms with Crippen molar-refractivity contribution in [2.24, 2.45) is 11.8 Å². The molecule has 0 aliphatic carbocycles. The number of nitrogens with zero attached hydrogens (tertiary/aromatic N) is 4. The molecule has 1 atom stereocenters. The van der Waals surface area contributed by atoms with Crippen LogP contribution in [0.1, 0.15) is 71.7 Å². The highest BCUT2D eigenvalue weighted by molar-refractivity contribution is 5.08. The fourth-order valence-electron chi connectivity index (χ4n) is 3.13. The second kappa shape index (κ2) is 8.77. The maximum atomic E-state index is 9.59. The Morgan fingerprint density at radius 1 is 1.25 bits per heavy atom. The van der Waals surface area contributed by atoms with Gasteiger partial charge in [0.1, 0.15) is 5.69 Å². The fourth-order valence-corrected chi connectivity index (χ4v) is 3.13. The molecule has 5 heteroatoms. The average Bonchev–Trinajstić information content (AvgIpc) is 3.01. The van der Waals surface area contributed by atoms with Crippen molar-refractivity contribution in [1.82, 2.24) is 19.9 Å². The minimum Gasteiger partial charge on any atom is -0.387 e. The molecule has 1 aromatic heterocycles. The van der Waals surface area contributed by atoms with E-state index in [1.165, 1.54) is 6.42 Å². The lowest BCUT2D eigenvalue weighted by Crippen LogP contribution is -2.36. The Labute approximate surface area is 146 Å². The van der Waals surface area contributed by atoms with Crippen molar-refractivity contribution in [2.75, 3.05) is 19.6 Å². The highest BCUT2D eigenvalue weighted by Crippen LogP contribution is 2.24. The largest absolute Gasteiger partial charge is 0.387 e. The quantitative estimate of drug-likeness (QED) is 0.774. The van der Waals surface area contributed by atoms with Crippen LogP contribution < -0.4 is 0 Å². The van der Waals surface area contributed by atoms with E-state index in [-0.39, 0.29) is 0 Å². The Morgan fingerprint density at radius 2 is 1.92 bits per heavy atom. The lowest BCUT2D eigenvalue weighted by molar-refractivity contribution is 0.187. The molecule has 24 heavy (non-hydrogen) atoms. The maximum Gasteiger partial charge on any atom is 0.111 e. The standard InChI is InChI=1S/C19H34N4O/c1-14(2)6-7-17(15(3)4)12-22-10-8-18(9-11-22)23-13-19(16(5)24)20-21-23/h7,13-16,18,24H,6,8-12H2,1-5H3. The Kier molecular flexibility index (Phi) is 6.99. The maximum absolute atomic E-state index is 9.59. The van der Waals surface area contributed by atoms with Gasteiger partial charge in [-0.25, -0.2) is 4.68 Å². The minimum atomic E-state index is -0.543. The summed E-state index contributed by atoms with van der Waals surface area (Å²) in [5.74, 6) is 1.34. The number of aliphatic hydroxyl groups excluding tert-OH is 1. The van der Waals surface area contributed by atoms with Crippen molar-refractivity contribution in [1.29, 1.82) is 0 Å². The smallest absolute Gasteiger partial charge is 0.111 e. The first-order chi connectivity index (χ1) is 11.4. The molecule has 1 aliphatic rings. The molecule has 2 heterocycles. The summed E-state index contributed by atoms with van der Waals surface area (Å²) in [7, 11) is 0. The topological polar surface area (TPSA) is 54.2 Å². The molecule has 0 bridgehead atoms. The van der Waals surface area contributed by atoms with Crippen LogP contribution in [0.4, 0.5) is 0 Å². The summed E-state index contributed by atoms with van der Waals surface area (Å²) >= 11 is 0. The second-order valence-corrected chi connectivity index (χ2v) is 7.87. The van der Waals surface area contributed by atoms with Gasteiger partial charge in [-0.15, -0.1) is 5.10 Å². The zero-order valence-electron chi connectivity index (χ0n) is 15.9. The summed E-state index contributed by atoms with van der Waals surface area (Å²) in [4.78, 5) is 2.56. The van der Waals surface area contributed by atoms with Crippen molar-refractivity contribution in [3.63, 3.8) is 0 Å². The van der Waals surface area contributed by atoms with Crippen LogP contribution >= 0.6 is 0 Å². The molecule has 1 unspecified atom stereocenters. The Bertz CT molecular complexity index is 525. The van der Waals surface area contributed by atoms with Gasteiger partial charge in [-0.3, -0.25) is 4.90 Å². The van der Waals surface area contributed by atoms with Crippen LogP contribution in [0, 0.1) is 11.8 Å². The highest BCUT2D eigenvalue weighted by Gasteiger charge is 2.23. The SMILES string of the molecule is CC(C)CC=C(CN1CCC(n2cc(C(C)O)nn2)CC1)C(C)C. The Balaban J connectivity index is 1.88. The molecule has 0 saturated carbocycles. The van der Waals surface area contributed by atoms with Gasteiger partial charge in [0.05, 0.1) is 18.3 Å². The molecule has 1 N–H and O–H groups in total. The van der Waals surface area contributed by atoms with Gasteiger partial charge in [-0.2, -0.15) is 0 Å². The summed E-state index contributed by atoms with van der Waals surface area (Å²) in [5.41, 5.74) is 2.23. The summed E-state index contributed by atoms with van der Waals surface area (Å²) in [5, 5.41) is 17.9. The fraction of sp³-hybridized carbons (Fsp3) is 0.789. The molecule has 0 spiro atoms. The van der Waals surface area contributed by atoms with Crippen LogP contribution in [-0.4, -0.2) is 44.6 Å². The zero-order chi connectivity index (χ0) is 17.7. The van der Waals surface area contributed by atoms with Crippen LogP contribution in [0.2, 0.25) is 0 Å². The molecule has 1 aliphatic heterocycles. The molecule has 0 radical (unpaired) electrons. The first-order valence-corrected chi connectivity index (χ1v) is 9.37. The summed E-state index contributed by atoms with van der Waals surface area (Å²) in [6.07, 6.45) is 7.17. The van der Waals surface area contributed by atoms with E-state index in [2.05, 4.69) is 49.0 Å². The number of aliphatic hydroxyl groups is 1. The minimum absolute atomic E-state index is 0.406. The van der Waals surface area contributed by atoms with Gasteiger partial charge in [0.25, 0.3) is 0 Å². The number of rotatable bonds is 7. The van der Waals surface area contributed by atoms with Crippen molar-refractivity contribution < 1.29 is 5.11 Å². The predicted octanol–water partition coefficient (Wildman–Crippen LogP) is 3.60. The van der Waals surface area contributed by atoms with E-state index < -0.39 is 6.10 Å². The molecule has 0 aromatic carbocycles. The normalized spacial score (nSPS) is 19.4. The number of hydrogen-bond acceptors (Lipinski definition) is 4. The Hall–Kier alpha value is -1.20. The third-order valence-electron chi connectivity index (χ3n) is 4.89. The van der Waals surface area contributed by atoms with Crippen LogP contribution in [0.3, 0.4) is 0 Å². The van der Waals surface area contributed by atoms with Crippen molar-refractivity contribution in [3.8, 4) is 0 Å². The number of hydrogen-bond donors (Lipinski definition) is 1.